The molecule has 0 atom stereocenters. The topological polar surface area (TPSA) is 46.3 Å². The Bertz CT molecular complexity index is 200. The molecular weight excluding hydrogens is 188 g/mol. The summed E-state index contributed by atoms with van der Waals surface area (Å²) in [7, 11) is 0. The Labute approximate surface area is 94.0 Å². The quantitative estimate of drug-likeness (QED) is 0.735. The summed E-state index contributed by atoms with van der Waals surface area (Å²) in [5.41, 5.74) is 5.23. The zero-order valence-electron chi connectivity index (χ0n) is 10.8. The minimum atomic E-state index is -0.251. The van der Waals surface area contributed by atoms with E-state index >= 15 is 0 Å². The Kier molecular flexibility index (Phi) is 5.88. The highest BCUT2D eigenvalue weighted by Gasteiger charge is 2.30. The Hall–Kier alpha value is -0.570. The number of nitrogens with two attached hydrogens (primary N) is 1. The summed E-state index contributed by atoms with van der Waals surface area (Å²) in [6.07, 6.45) is 1.75. The Morgan fingerprint density at radius 2 is 1.93 bits per heavy atom. The van der Waals surface area contributed by atoms with E-state index in [-0.39, 0.29) is 17.4 Å². The van der Waals surface area contributed by atoms with Crippen LogP contribution >= 0.6 is 0 Å². The first-order valence-corrected chi connectivity index (χ1v) is 5.88. The van der Waals surface area contributed by atoms with Crippen molar-refractivity contribution in [2.75, 3.05) is 13.1 Å². The minimum Gasteiger partial charge on any atom is -0.340 e. The van der Waals surface area contributed by atoms with Gasteiger partial charge in [-0.25, -0.2) is 0 Å². The highest BCUT2D eigenvalue weighted by atomic mass is 16.2. The van der Waals surface area contributed by atoms with Gasteiger partial charge in [-0.3, -0.25) is 4.79 Å². The molecule has 0 fully saturated rings. The van der Waals surface area contributed by atoms with E-state index in [4.69, 9.17) is 5.73 Å². The van der Waals surface area contributed by atoms with Crippen LogP contribution in [0.2, 0.25) is 0 Å². The molecule has 0 aliphatic carbocycles. The van der Waals surface area contributed by atoms with Crippen molar-refractivity contribution in [1.29, 1.82) is 0 Å². The number of carbonyl (C=O) groups is 1. The normalized spacial score (nSPS) is 11.9. The van der Waals surface area contributed by atoms with Gasteiger partial charge in [-0.2, -0.15) is 0 Å². The molecule has 0 bridgehead atoms. The molecule has 0 saturated heterocycles. The first-order valence-electron chi connectivity index (χ1n) is 5.88. The lowest BCUT2D eigenvalue weighted by Gasteiger charge is -2.34. The molecular formula is C12H26N2O. The van der Waals surface area contributed by atoms with Crippen LogP contribution in [0.15, 0.2) is 0 Å². The number of amides is 1. The van der Waals surface area contributed by atoms with Crippen LogP contribution in [0.1, 0.15) is 47.5 Å². The van der Waals surface area contributed by atoms with Crippen molar-refractivity contribution in [3.63, 3.8) is 0 Å². The molecule has 0 aliphatic rings. The molecule has 0 saturated carbocycles. The summed E-state index contributed by atoms with van der Waals surface area (Å²) in [4.78, 5) is 14.2. The smallest absolute Gasteiger partial charge is 0.228 e. The zero-order chi connectivity index (χ0) is 12.1. The van der Waals surface area contributed by atoms with Crippen molar-refractivity contribution >= 4 is 5.91 Å². The van der Waals surface area contributed by atoms with Crippen LogP contribution in [0.5, 0.6) is 0 Å². The van der Waals surface area contributed by atoms with Gasteiger partial charge in [0.2, 0.25) is 5.91 Å². The van der Waals surface area contributed by atoms with Gasteiger partial charge >= 0.3 is 0 Å². The summed E-state index contributed by atoms with van der Waals surface area (Å²) < 4.78 is 0. The van der Waals surface area contributed by atoms with Gasteiger partial charge in [-0.1, -0.05) is 20.8 Å². The fourth-order valence-electron chi connectivity index (χ4n) is 1.40. The first-order chi connectivity index (χ1) is 6.86. The standard InChI is InChI=1S/C12H26N2O/c1-6-12(4,5)11(15)14(10(2)3)9-7-8-13/h10H,6-9,13H2,1-5H3. The van der Waals surface area contributed by atoms with Crippen molar-refractivity contribution in [1.82, 2.24) is 4.90 Å². The van der Waals surface area contributed by atoms with E-state index in [9.17, 15) is 4.79 Å². The second-order valence-electron chi connectivity index (χ2n) is 4.97. The summed E-state index contributed by atoms with van der Waals surface area (Å²) in [5.74, 6) is 0.244. The second-order valence-corrected chi connectivity index (χ2v) is 4.97. The lowest BCUT2D eigenvalue weighted by Crippen LogP contribution is -2.45. The van der Waals surface area contributed by atoms with Gasteiger partial charge in [0, 0.05) is 18.0 Å². The van der Waals surface area contributed by atoms with Gasteiger partial charge in [-0.05, 0) is 33.2 Å². The molecule has 0 aliphatic heterocycles. The third-order valence-corrected chi connectivity index (χ3v) is 2.95. The highest BCUT2D eigenvalue weighted by molar-refractivity contribution is 5.82. The molecule has 0 aromatic rings. The van der Waals surface area contributed by atoms with Gasteiger partial charge in [-0.15, -0.1) is 0 Å². The molecule has 0 heterocycles. The molecule has 0 spiro atoms. The molecule has 90 valence electrons. The fraction of sp³-hybridized carbons (Fsp3) is 0.917. The van der Waals surface area contributed by atoms with Gasteiger partial charge in [0.15, 0.2) is 0 Å². The van der Waals surface area contributed by atoms with E-state index in [2.05, 4.69) is 20.8 Å². The summed E-state index contributed by atoms with van der Waals surface area (Å²) in [5, 5.41) is 0. The van der Waals surface area contributed by atoms with E-state index in [1.807, 2.05) is 18.7 Å². The molecule has 0 radical (unpaired) electrons. The van der Waals surface area contributed by atoms with Crippen molar-refractivity contribution in [2.45, 2.75) is 53.5 Å². The minimum absolute atomic E-state index is 0.244. The van der Waals surface area contributed by atoms with Crippen LogP contribution in [0.4, 0.5) is 0 Å². The third kappa shape index (κ3) is 4.20. The molecule has 3 heteroatoms. The molecule has 3 nitrogen and oxygen atoms in total. The molecule has 1 amide bonds. The predicted octanol–water partition coefficient (Wildman–Crippen LogP) is 2.01. The average Bonchev–Trinajstić information content (AvgIpc) is 2.17. The predicted molar refractivity (Wildman–Crippen MR) is 64.6 cm³/mol. The van der Waals surface area contributed by atoms with Gasteiger partial charge in [0.05, 0.1) is 0 Å². The van der Waals surface area contributed by atoms with Crippen LogP contribution in [0, 0.1) is 5.41 Å². The molecule has 2 N–H and O–H groups in total. The Morgan fingerprint density at radius 3 is 2.27 bits per heavy atom. The first kappa shape index (κ1) is 14.4. The van der Waals surface area contributed by atoms with E-state index in [1.54, 1.807) is 0 Å². The summed E-state index contributed by atoms with van der Waals surface area (Å²) in [6.45, 7) is 11.6. The van der Waals surface area contributed by atoms with Crippen LogP contribution in [-0.2, 0) is 4.79 Å². The van der Waals surface area contributed by atoms with Crippen molar-refractivity contribution in [3.8, 4) is 0 Å². The number of hydrogen-bond acceptors (Lipinski definition) is 2. The molecule has 0 unspecified atom stereocenters. The van der Waals surface area contributed by atoms with Crippen molar-refractivity contribution in [2.24, 2.45) is 11.1 Å². The van der Waals surface area contributed by atoms with Crippen LogP contribution in [0.3, 0.4) is 0 Å². The number of hydrogen-bond donors (Lipinski definition) is 1. The Morgan fingerprint density at radius 1 is 1.40 bits per heavy atom. The molecule has 0 rings (SSSR count). The van der Waals surface area contributed by atoms with E-state index in [1.165, 1.54) is 0 Å². The van der Waals surface area contributed by atoms with Crippen molar-refractivity contribution in [3.05, 3.63) is 0 Å². The maximum atomic E-state index is 12.2. The van der Waals surface area contributed by atoms with Crippen LogP contribution < -0.4 is 5.73 Å². The van der Waals surface area contributed by atoms with Gasteiger partial charge in [0.1, 0.15) is 0 Å². The maximum absolute atomic E-state index is 12.2. The monoisotopic (exact) mass is 214 g/mol. The molecule has 0 aromatic carbocycles. The SMILES string of the molecule is CCC(C)(C)C(=O)N(CCCN)C(C)C. The van der Waals surface area contributed by atoms with Crippen molar-refractivity contribution < 1.29 is 4.79 Å². The third-order valence-electron chi connectivity index (χ3n) is 2.95. The lowest BCUT2D eigenvalue weighted by atomic mass is 9.88. The molecule has 0 aromatic heterocycles. The summed E-state index contributed by atoms with van der Waals surface area (Å²) in [6, 6.07) is 0.259. The maximum Gasteiger partial charge on any atom is 0.228 e. The lowest BCUT2D eigenvalue weighted by molar-refractivity contribution is -0.142. The van der Waals surface area contributed by atoms with E-state index < -0.39 is 0 Å². The van der Waals surface area contributed by atoms with Crippen LogP contribution in [0.25, 0.3) is 0 Å². The number of rotatable bonds is 6. The van der Waals surface area contributed by atoms with E-state index in [0.717, 1.165) is 19.4 Å². The second kappa shape index (κ2) is 6.11. The average molecular weight is 214 g/mol. The van der Waals surface area contributed by atoms with Crippen LogP contribution in [-0.4, -0.2) is 29.9 Å². The van der Waals surface area contributed by atoms with Gasteiger partial charge < -0.3 is 10.6 Å². The van der Waals surface area contributed by atoms with E-state index in [0.29, 0.717) is 6.54 Å². The largest absolute Gasteiger partial charge is 0.340 e. The fourth-order valence-corrected chi connectivity index (χ4v) is 1.40. The zero-order valence-corrected chi connectivity index (χ0v) is 10.8. The highest BCUT2D eigenvalue weighted by Crippen LogP contribution is 2.24. The Balaban J connectivity index is 4.55. The molecule has 15 heavy (non-hydrogen) atoms. The summed E-state index contributed by atoms with van der Waals surface area (Å²) >= 11 is 0. The number of carbonyl (C=O) groups excluding carboxylic acids is 1. The van der Waals surface area contributed by atoms with Gasteiger partial charge in [0.25, 0.3) is 0 Å². The number of nitrogens with zero attached hydrogens (tertiary/aromatic N) is 1.